The molecule has 1 rings (SSSR count). The van der Waals surface area contributed by atoms with Crippen molar-refractivity contribution < 1.29 is 12.9 Å². The van der Waals surface area contributed by atoms with E-state index in [2.05, 4.69) is 10.1 Å². The lowest BCUT2D eigenvalue weighted by molar-refractivity contribution is 0.367. The first-order chi connectivity index (χ1) is 6.37. The molecule has 6 nitrogen and oxygen atoms in total. The van der Waals surface area contributed by atoms with Gasteiger partial charge in [0.1, 0.15) is 5.75 Å². The monoisotopic (exact) mass is 219 g/mol. The van der Waals surface area contributed by atoms with Gasteiger partial charge in [0.2, 0.25) is 5.89 Å². The first-order valence-corrected chi connectivity index (χ1v) is 6.17. The van der Waals surface area contributed by atoms with Crippen LogP contribution in [0.5, 0.6) is 0 Å². The fourth-order valence-electron chi connectivity index (χ4n) is 0.942. The summed E-state index contributed by atoms with van der Waals surface area (Å²) < 4.78 is 26.6. The van der Waals surface area contributed by atoms with Gasteiger partial charge >= 0.3 is 0 Å². The second-order valence-corrected chi connectivity index (χ2v) is 5.50. The van der Waals surface area contributed by atoms with E-state index >= 15 is 0 Å². The van der Waals surface area contributed by atoms with Crippen molar-refractivity contribution in [2.24, 2.45) is 5.73 Å². The number of rotatable bonds is 4. The Morgan fingerprint density at radius 1 is 1.57 bits per heavy atom. The first kappa shape index (κ1) is 11.1. The molecule has 14 heavy (non-hydrogen) atoms. The van der Waals surface area contributed by atoms with Crippen molar-refractivity contribution in [1.29, 1.82) is 0 Å². The lowest BCUT2D eigenvalue weighted by atomic mass is 10.2. The van der Waals surface area contributed by atoms with E-state index in [1.165, 1.54) is 0 Å². The predicted molar refractivity (Wildman–Crippen MR) is 50.2 cm³/mol. The van der Waals surface area contributed by atoms with Gasteiger partial charge in [0, 0.05) is 18.7 Å². The summed E-state index contributed by atoms with van der Waals surface area (Å²) in [5.41, 5.74) is 5.51. The standard InChI is InChI=1S/C7H13N3O3S/c1-5(8)3-7-9-6(10-13-7)4-14(2,11)12/h5H,3-4,8H2,1-2H3. The molecule has 0 aromatic carbocycles. The normalized spacial score (nSPS) is 14.2. The molecule has 0 radical (unpaired) electrons. The highest BCUT2D eigenvalue weighted by atomic mass is 32.2. The number of nitrogens with two attached hydrogens (primary N) is 1. The molecule has 0 bridgehead atoms. The molecule has 1 unspecified atom stereocenters. The van der Waals surface area contributed by atoms with Crippen molar-refractivity contribution in [1.82, 2.24) is 10.1 Å². The molecule has 0 aliphatic carbocycles. The Kier molecular flexibility index (Phi) is 3.22. The Morgan fingerprint density at radius 3 is 2.71 bits per heavy atom. The SMILES string of the molecule is CC(N)Cc1nc(CS(C)(=O)=O)no1. The smallest absolute Gasteiger partial charge is 0.228 e. The summed E-state index contributed by atoms with van der Waals surface area (Å²) in [5, 5.41) is 3.53. The lowest BCUT2D eigenvalue weighted by Crippen LogP contribution is -2.17. The van der Waals surface area contributed by atoms with Gasteiger partial charge < -0.3 is 10.3 Å². The molecule has 0 saturated heterocycles. The molecule has 0 saturated carbocycles. The van der Waals surface area contributed by atoms with Crippen LogP contribution in [0.1, 0.15) is 18.6 Å². The zero-order chi connectivity index (χ0) is 10.8. The summed E-state index contributed by atoms with van der Waals surface area (Å²) in [7, 11) is -3.11. The van der Waals surface area contributed by atoms with E-state index in [0.717, 1.165) is 6.26 Å². The molecule has 1 aromatic rings. The van der Waals surface area contributed by atoms with Crippen molar-refractivity contribution in [3.8, 4) is 0 Å². The highest BCUT2D eigenvalue weighted by Gasteiger charge is 2.12. The molecule has 0 fully saturated rings. The van der Waals surface area contributed by atoms with Crippen molar-refractivity contribution in [2.75, 3.05) is 6.26 Å². The van der Waals surface area contributed by atoms with Crippen LogP contribution >= 0.6 is 0 Å². The van der Waals surface area contributed by atoms with E-state index in [9.17, 15) is 8.42 Å². The van der Waals surface area contributed by atoms with Crippen LogP contribution in [0.15, 0.2) is 4.52 Å². The van der Waals surface area contributed by atoms with Gasteiger partial charge in [0.15, 0.2) is 15.7 Å². The molecule has 7 heteroatoms. The topological polar surface area (TPSA) is 99.1 Å². The molecule has 1 atom stereocenters. The van der Waals surface area contributed by atoms with Gasteiger partial charge in [0.25, 0.3) is 0 Å². The lowest BCUT2D eigenvalue weighted by Gasteiger charge is -1.96. The fraction of sp³-hybridized carbons (Fsp3) is 0.714. The Labute approximate surface area is 82.4 Å². The van der Waals surface area contributed by atoms with Crippen molar-refractivity contribution in [3.63, 3.8) is 0 Å². The number of aromatic nitrogens is 2. The second-order valence-electron chi connectivity index (χ2n) is 3.36. The number of hydrogen-bond donors (Lipinski definition) is 1. The second kappa shape index (κ2) is 4.05. The van der Waals surface area contributed by atoms with Gasteiger partial charge in [-0.3, -0.25) is 0 Å². The van der Waals surface area contributed by atoms with Crippen LogP contribution in [0.2, 0.25) is 0 Å². The van der Waals surface area contributed by atoms with Crippen LogP contribution in [-0.2, 0) is 22.0 Å². The molecular weight excluding hydrogens is 206 g/mol. The summed E-state index contributed by atoms with van der Waals surface area (Å²) in [6.45, 7) is 1.81. The molecule has 1 aromatic heterocycles. The summed E-state index contributed by atoms with van der Waals surface area (Å²) in [6, 6.07) is -0.0819. The Hall–Kier alpha value is -0.950. The van der Waals surface area contributed by atoms with E-state index in [1.54, 1.807) is 6.92 Å². The zero-order valence-corrected chi connectivity index (χ0v) is 8.91. The van der Waals surface area contributed by atoms with Crippen LogP contribution in [0.25, 0.3) is 0 Å². The largest absolute Gasteiger partial charge is 0.339 e. The van der Waals surface area contributed by atoms with Crippen LogP contribution < -0.4 is 5.73 Å². The van der Waals surface area contributed by atoms with E-state index in [1.807, 2.05) is 0 Å². The number of hydrogen-bond acceptors (Lipinski definition) is 6. The number of sulfone groups is 1. The third-order valence-electron chi connectivity index (χ3n) is 1.40. The number of nitrogens with zero attached hydrogens (tertiary/aromatic N) is 2. The summed E-state index contributed by atoms with van der Waals surface area (Å²) >= 11 is 0. The molecular formula is C7H13N3O3S. The van der Waals surface area contributed by atoms with Gasteiger partial charge in [0.05, 0.1) is 0 Å². The fourth-order valence-corrected chi connectivity index (χ4v) is 1.53. The average Bonchev–Trinajstić information content (AvgIpc) is 2.30. The van der Waals surface area contributed by atoms with E-state index in [0.29, 0.717) is 12.3 Å². The molecule has 0 aliphatic heterocycles. The maximum absolute atomic E-state index is 10.9. The predicted octanol–water partition coefficient (Wildman–Crippen LogP) is -0.496. The van der Waals surface area contributed by atoms with E-state index < -0.39 is 9.84 Å². The highest BCUT2D eigenvalue weighted by molar-refractivity contribution is 7.89. The van der Waals surface area contributed by atoms with Gasteiger partial charge in [-0.2, -0.15) is 4.98 Å². The summed E-state index contributed by atoms with van der Waals surface area (Å²) in [4.78, 5) is 3.90. The minimum atomic E-state index is -3.11. The van der Waals surface area contributed by atoms with Gasteiger partial charge in [-0.25, -0.2) is 8.42 Å². The van der Waals surface area contributed by atoms with E-state index in [-0.39, 0.29) is 17.6 Å². The Bertz CT molecular complexity index is 396. The van der Waals surface area contributed by atoms with Crippen LogP contribution in [0, 0.1) is 0 Å². The van der Waals surface area contributed by atoms with Gasteiger partial charge in [-0.15, -0.1) is 0 Å². The maximum atomic E-state index is 10.9. The molecule has 1 heterocycles. The van der Waals surface area contributed by atoms with Crippen LogP contribution in [-0.4, -0.2) is 30.9 Å². The van der Waals surface area contributed by atoms with Gasteiger partial charge in [-0.05, 0) is 6.92 Å². The van der Waals surface area contributed by atoms with E-state index in [4.69, 9.17) is 10.3 Å². The van der Waals surface area contributed by atoms with Crippen molar-refractivity contribution >= 4 is 9.84 Å². The first-order valence-electron chi connectivity index (χ1n) is 4.11. The third-order valence-corrected chi connectivity index (χ3v) is 2.18. The van der Waals surface area contributed by atoms with Crippen LogP contribution in [0.4, 0.5) is 0 Å². The molecule has 2 N–H and O–H groups in total. The minimum Gasteiger partial charge on any atom is -0.339 e. The third kappa shape index (κ3) is 3.84. The van der Waals surface area contributed by atoms with Gasteiger partial charge in [-0.1, -0.05) is 5.16 Å². The summed E-state index contributed by atoms with van der Waals surface area (Å²) in [5.74, 6) is 0.358. The van der Waals surface area contributed by atoms with Crippen LogP contribution in [0.3, 0.4) is 0 Å². The zero-order valence-electron chi connectivity index (χ0n) is 8.10. The minimum absolute atomic E-state index is 0.0819. The Morgan fingerprint density at radius 2 is 2.21 bits per heavy atom. The molecule has 0 amide bonds. The maximum Gasteiger partial charge on any atom is 0.228 e. The summed E-state index contributed by atoms with van der Waals surface area (Å²) in [6.07, 6.45) is 1.57. The van der Waals surface area contributed by atoms with Crippen molar-refractivity contribution in [2.45, 2.75) is 25.1 Å². The highest BCUT2D eigenvalue weighted by Crippen LogP contribution is 2.03. The molecule has 0 spiro atoms. The Balaban J connectivity index is 2.69. The molecule has 0 aliphatic rings. The quantitative estimate of drug-likeness (QED) is 0.733. The molecule has 80 valence electrons. The average molecular weight is 219 g/mol. The van der Waals surface area contributed by atoms with Crippen molar-refractivity contribution in [3.05, 3.63) is 11.7 Å².